The van der Waals surface area contributed by atoms with E-state index in [9.17, 15) is 30.4 Å². The van der Waals surface area contributed by atoms with Crippen molar-refractivity contribution in [2.75, 3.05) is 11.5 Å². The molecule has 0 N–H and O–H groups in total. The predicted octanol–water partition coefficient (Wildman–Crippen LogP) is 4.86. The molecule has 3 nitrogen and oxygen atoms in total. The molecular weight excluding hydrogens is 431 g/mol. The lowest BCUT2D eigenvalue weighted by Crippen LogP contribution is -2.28. The SMILES string of the molecule is C1CCSCC1.O=S(=O)(Oc1cc(F)c(Br)c(F)c1)C(F)(F)F. The highest BCUT2D eigenvalue weighted by atomic mass is 79.9. The summed E-state index contributed by atoms with van der Waals surface area (Å²) in [5.41, 5.74) is -5.67. The van der Waals surface area contributed by atoms with Crippen molar-refractivity contribution in [1.82, 2.24) is 0 Å². The standard InChI is InChI=1S/C7H2BrF5O3S.C5H10S/c8-6-4(9)1-3(2-5(6)10)16-17(14,15)7(11,12)13;1-2-4-6-5-3-1/h1-2H;1-5H2. The molecule has 0 radical (unpaired) electrons. The van der Waals surface area contributed by atoms with Crippen molar-refractivity contribution >= 4 is 37.8 Å². The summed E-state index contributed by atoms with van der Waals surface area (Å²) in [7, 11) is -5.95. The molecule has 0 aliphatic carbocycles. The first-order chi connectivity index (χ1) is 10.5. The van der Waals surface area contributed by atoms with Crippen molar-refractivity contribution in [2.45, 2.75) is 24.8 Å². The van der Waals surface area contributed by atoms with Gasteiger partial charge in [-0.2, -0.15) is 33.4 Å². The molecule has 1 aromatic rings. The van der Waals surface area contributed by atoms with E-state index in [0.29, 0.717) is 12.1 Å². The number of alkyl halides is 3. The molecule has 1 fully saturated rings. The molecule has 0 amide bonds. The first-order valence-corrected chi connectivity index (χ1v) is 9.63. The van der Waals surface area contributed by atoms with Gasteiger partial charge in [0.05, 0.1) is 4.47 Å². The van der Waals surface area contributed by atoms with Gasteiger partial charge in [-0.15, -0.1) is 0 Å². The zero-order valence-electron chi connectivity index (χ0n) is 11.5. The molecule has 1 aliphatic heterocycles. The third-order valence-corrected chi connectivity index (χ3v) is 5.42. The molecule has 1 aliphatic rings. The fraction of sp³-hybridized carbons (Fsp3) is 0.500. The van der Waals surface area contributed by atoms with Crippen molar-refractivity contribution < 1.29 is 34.6 Å². The Kier molecular flexibility index (Phi) is 7.59. The molecular formula is C12H12BrF5O3S2. The minimum Gasteiger partial charge on any atom is -0.376 e. The van der Waals surface area contributed by atoms with Crippen LogP contribution in [0.1, 0.15) is 19.3 Å². The van der Waals surface area contributed by atoms with Gasteiger partial charge in [0.15, 0.2) is 0 Å². The highest BCUT2D eigenvalue weighted by molar-refractivity contribution is 9.10. The number of rotatable bonds is 2. The molecule has 11 heteroatoms. The summed E-state index contributed by atoms with van der Waals surface area (Å²) in [5, 5.41) is 0. The highest BCUT2D eigenvalue weighted by Crippen LogP contribution is 2.30. The Morgan fingerprint density at radius 2 is 1.52 bits per heavy atom. The number of halogens is 6. The summed E-state index contributed by atoms with van der Waals surface area (Å²) in [6, 6.07) is 0.604. The van der Waals surface area contributed by atoms with Crippen LogP contribution in [0.25, 0.3) is 0 Å². The van der Waals surface area contributed by atoms with Gasteiger partial charge in [0.25, 0.3) is 0 Å². The number of hydrogen-bond acceptors (Lipinski definition) is 4. The Morgan fingerprint density at radius 3 is 1.83 bits per heavy atom. The third kappa shape index (κ3) is 6.46. The largest absolute Gasteiger partial charge is 0.534 e. The molecule has 1 saturated heterocycles. The van der Waals surface area contributed by atoms with Crippen LogP contribution in [0.2, 0.25) is 0 Å². The minimum atomic E-state index is -5.95. The van der Waals surface area contributed by atoms with Crippen LogP contribution in [0, 0.1) is 11.6 Å². The van der Waals surface area contributed by atoms with Crippen LogP contribution < -0.4 is 4.18 Å². The van der Waals surface area contributed by atoms with Gasteiger partial charge in [-0.3, -0.25) is 0 Å². The molecule has 2 rings (SSSR count). The van der Waals surface area contributed by atoms with Gasteiger partial charge in [0, 0.05) is 12.1 Å². The van der Waals surface area contributed by atoms with Crippen molar-refractivity contribution in [2.24, 2.45) is 0 Å². The average Bonchev–Trinajstić information content (AvgIpc) is 2.45. The van der Waals surface area contributed by atoms with Gasteiger partial charge >= 0.3 is 15.6 Å². The van der Waals surface area contributed by atoms with E-state index in [1.165, 1.54) is 30.8 Å². The van der Waals surface area contributed by atoms with E-state index in [-0.39, 0.29) is 0 Å². The van der Waals surface area contributed by atoms with Crippen LogP contribution in [0.3, 0.4) is 0 Å². The lowest BCUT2D eigenvalue weighted by atomic mass is 10.3. The van der Waals surface area contributed by atoms with E-state index in [2.05, 4.69) is 31.9 Å². The van der Waals surface area contributed by atoms with E-state index in [0.717, 1.165) is 0 Å². The summed E-state index contributed by atoms with van der Waals surface area (Å²) in [4.78, 5) is 0. The van der Waals surface area contributed by atoms with E-state index < -0.39 is 37.5 Å². The second kappa shape index (κ2) is 8.52. The maximum Gasteiger partial charge on any atom is 0.534 e. The van der Waals surface area contributed by atoms with Gasteiger partial charge in [-0.1, -0.05) is 6.42 Å². The maximum atomic E-state index is 12.9. The molecule has 0 spiro atoms. The Labute approximate surface area is 142 Å². The van der Waals surface area contributed by atoms with E-state index in [1.807, 2.05) is 0 Å². The maximum absolute atomic E-state index is 12.9. The molecule has 23 heavy (non-hydrogen) atoms. The van der Waals surface area contributed by atoms with E-state index >= 15 is 0 Å². The lowest BCUT2D eigenvalue weighted by Gasteiger charge is -2.09. The van der Waals surface area contributed by atoms with Gasteiger partial charge < -0.3 is 4.18 Å². The quantitative estimate of drug-likeness (QED) is 0.284. The van der Waals surface area contributed by atoms with Crippen LogP contribution in [0.4, 0.5) is 22.0 Å². The summed E-state index contributed by atoms with van der Waals surface area (Å²) < 4.78 is 85.3. The van der Waals surface area contributed by atoms with Crippen LogP contribution in [0.15, 0.2) is 16.6 Å². The third-order valence-electron chi connectivity index (χ3n) is 2.52. The zero-order valence-corrected chi connectivity index (χ0v) is 14.7. The van der Waals surface area contributed by atoms with Crippen LogP contribution in [-0.2, 0) is 10.1 Å². The summed E-state index contributed by atoms with van der Waals surface area (Å²) in [6.07, 6.45) is 4.41. The Bertz CT molecular complexity index is 596. The predicted molar refractivity (Wildman–Crippen MR) is 80.8 cm³/mol. The van der Waals surface area contributed by atoms with Crippen molar-refractivity contribution in [3.63, 3.8) is 0 Å². The second-order valence-electron chi connectivity index (χ2n) is 4.36. The van der Waals surface area contributed by atoms with E-state index in [4.69, 9.17) is 0 Å². The van der Waals surface area contributed by atoms with Crippen LogP contribution in [0.5, 0.6) is 5.75 Å². The number of benzene rings is 1. The van der Waals surface area contributed by atoms with Gasteiger partial charge in [0.1, 0.15) is 17.4 Å². The monoisotopic (exact) mass is 442 g/mol. The normalized spacial score (nSPS) is 15.6. The molecule has 132 valence electrons. The smallest absolute Gasteiger partial charge is 0.376 e. The first kappa shape index (κ1) is 20.5. The second-order valence-corrected chi connectivity index (χ2v) is 7.91. The Hall–Kier alpha value is -0.550. The fourth-order valence-corrected chi connectivity index (χ4v) is 3.14. The topological polar surface area (TPSA) is 43.4 Å². The highest BCUT2D eigenvalue weighted by Gasteiger charge is 2.48. The van der Waals surface area contributed by atoms with Crippen LogP contribution in [-0.4, -0.2) is 25.4 Å². The molecule has 1 heterocycles. The molecule has 0 bridgehead atoms. The Balaban J connectivity index is 0.000000366. The Morgan fingerprint density at radius 1 is 1.04 bits per heavy atom. The summed E-state index contributed by atoms with van der Waals surface area (Å²) in [6.45, 7) is 0. The van der Waals surface area contributed by atoms with Crippen LogP contribution >= 0.6 is 27.7 Å². The summed E-state index contributed by atoms with van der Waals surface area (Å²) in [5.74, 6) is -0.865. The zero-order chi connectivity index (χ0) is 17.7. The van der Waals surface area contributed by atoms with Gasteiger partial charge in [0.2, 0.25) is 0 Å². The van der Waals surface area contributed by atoms with Gasteiger partial charge in [-0.05, 0) is 40.3 Å². The van der Waals surface area contributed by atoms with Gasteiger partial charge in [-0.25, -0.2) is 8.78 Å². The lowest BCUT2D eigenvalue weighted by molar-refractivity contribution is -0.0500. The van der Waals surface area contributed by atoms with Crippen molar-refractivity contribution in [3.8, 4) is 5.75 Å². The first-order valence-electron chi connectivity index (χ1n) is 6.27. The number of thioether (sulfide) groups is 1. The molecule has 0 unspecified atom stereocenters. The molecule has 0 aromatic heterocycles. The molecule has 0 saturated carbocycles. The fourth-order valence-electron chi connectivity index (χ4n) is 1.44. The summed E-state index contributed by atoms with van der Waals surface area (Å²) >= 11 is 4.55. The minimum absolute atomic E-state index is 0.302. The van der Waals surface area contributed by atoms with Crippen molar-refractivity contribution in [3.05, 3.63) is 28.2 Å². The molecule has 0 atom stereocenters. The van der Waals surface area contributed by atoms with E-state index in [1.54, 1.807) is 0 Å². The molecule has 1 aromatic carbocycles. The number of hydrogen-bond donors (Lipinski definition) is 0. The van der Waals surface area contributed by atoms with Crippen molar-refractivity contribution in [1.29, 1.82) is 0 Å². The average molecular weight is 443 g/mol.